The third kappa shape index (κ3) is 1.60. The number of benzene rings is 1. The molecule has 1 aromatic rings. The van der Waals surface area contributed by atoms with Crippen molar-refractivity contribution in [1.29, 1.82) is 0 Å². The summed E-state index contributed by atoms with van der Waals surface area (Å²) < 4.78 is 13.0. The first-order chi connectivity index (χ1) is 6.67. The Morgan fingerprint density at radius 1 is 1.36 bits per heavy atom. The third-order valence-corrected chi connectivity index (χ3v) is 2.93. The number of aromatic hydroxyl groups is 1. The summed E-state index contributed by atoms with van der Waals surface area (Å²) in [6, 6.07) is 4.52. The third-order valence-electron chi connectivity index (χ3n) is 2.93. The van der Waals surface area contributed by atoms with Gasteiger partial charge in [0.1, 0.15) is 0 Å². The van der Waals surface area contributed by atoms with E-state index in [0.717, 1.165) is 12.8 Å². The van der Waals surface area contributed by atoms with Gasteiger partial charge in [-0.15, -0.1) is 0 Å². The highest BCUT2D eigenvalue weighted by molar-refractivity contribution is 5.35. The number of aliphatic hydroxyl groups excluding tert-OH is 1. The van der Waals surface area contributed by atoms with Crippen molar-refractivity contribution in [3.8, 4) is 5.75 Å². The fourth-order valence-corrected chi connectivity index (χ4v) is 1.67. The molecule has 0 saturated heterocycles. The summed E-state index contributed by atoms with van der Waals surface area (Å²) in [5.74, 6) is -0.858. The van der Waals surface area contributed by atoms with Gasteiger partial charge < -0.3 is 10.2 Å². The van der Waals surface area contributed by atoms with Crippen LogP contribution in [-0.4, -0.2) is 16.8 Å². The zero-order chi connectivity index (χ0) is 10.2. The van der Waals surface area contributed by atoms with Crippen molar-refractivity contribution >= 4 is 0 Å². The maximum atomic E-state index is 13.0. The molecule has 2 nitrogen and oxygen atoms in total. The van der Waals surface area contributed by atoms with Gasteiger partial charge in [0, 0.05) is 6.61 Å². The van der Waals surface area contributed by atoms with E-state index in [9.17, 15) is 9.50 Å². The Bertz CT molecular complexity index is 345. The molecule has 0 radical (unpaired) electrons. The van der Waals surface area contributed by atoms with Crippen molar-refractivity contribution < 1.29 is 14.6 Å². The molecule has 0 atom stereocenters. The van der Waals surface area contributed by atoms with Crippen LogP contribution in [0.25, 0.3) is 0 Å². The maximum Gasteiger partial charge on any atom is 0.165 e. The summed E-state index contributed by atoms with van der Waals surface area (Å²) in [7, 11) is 0. The van der Waals surface area contributed by atoms with Crippen molar-refractivity contribution in [2.75, 3.05) is 6.61 Å². The van der Waals surface area contributed by atoms with Crippen molar-refractivity contribution in [1.82, 2.24) is 0 Å². The van der Waals surface area contributed by atoms with Gasteiger partial charge >= 0.3 is 0 Å². The van der Waals surface area contributed by atoms with Gasteiger partial charge in [-0.25, -0.2) is 4.39 Å². The lowest BCUT2D eigenvalue weighted by Crippen LogP contribution is -2.10. The van der Waals surface area contributed by atoms with E-state index >= 15 is 0 Å². The number of hydrogen-bond donors (Lipinski definition) is 2. The second kappa shape index (κ2) is 3.24. The van der Waals surface area contributed by atoms with E-state index in [-0.39, 0.29) is 17.8 Å². The molecular formula is C11H13FO2. The molecule has 3 heteroatoms. The van der Waals surface area contributed by atoms with Crippen LogP contribution in [0, 0.1) is 11.2 Å². The van der Waals surface area contributed by atoms with Crippen LogP contribution in [0.3, 0.4) is 0 Å². The van der Waals surface area contributed by atoms with Crippen LogP contribution in [0.2, 0.25) is 0 Å². The molecular weight excluding hydrogens is 183 g/mol. The van der Waals surface area contributed by atoms with Crippen LogP contribution >= 0.6 is 0 Å². The van der Waals surface area contributed by atoms with E-state index in [2.05, 4.69) is 0 Å². The first kappa shape index (κ1) is 9.46. The fraction of sp³-hybridized carbons (Fsp3) is 0.455. The van der Waals surface area contributed by atoms with Gasteiger partial charge in [0.15, 0.2) is 11.6 Å². The number of hydrogen-bond acceptors (Lipinski definition) is 2. The lowest BCUT2D eigenvalue weighted by molar-refractivity contribution is 0.210. The molecule has 76 valence electrons. The average molecular weight is 196 g/mol. The van der Waals surface area contributed by atoms with Crippen molar-refractivity contribution in [2.45, 2.75) is 19.3 Å². The lowest BCUT2D eigenvalue weighted by atomic mass is 9.97. The molecule has 14 heavy (non-hydrogen) atoms. The first-order valence-electron chi connectivity index (χ1n) is 4.74. The van der Waals surface area contributed by atoms with Gasteiger partial charge in [-0.1, -0.05) is 12.1 Å². The van der Waals surface area contributed by atoms with Gasteiger partial charge in [-0.2, -0.15) is 0 Å². The molecule has 2 rings (SSSR count). The highest BCUT2D eigenvalue weighted by atomic mass is 19.1. The summed E-state index contributed by atoms with van der Waals surface area (Å²) in [5, 5.41) is 18.5. The van der Waals surface area contributed by atoms with Crippen LogP contribution in [0.5, 0.6) is 5.75 Å². The van der Waals surface area contributed by atoms with Crippen LogP contribution in [0.4, 0.5) is 4.39 Å². The van der Waals surface area contributed by atoms with Gasteiger partial charge in [0.2, 0.25) is 0 Å². The molecule has 0 amide bonds. The molecule has 0 bridgehead atoms. The molecule has 0 aliphatic heterocycles. The number of phenols is 1. The lowest BCUT2D eigenvalue weighted by Gasteiger charge is -2.12. The Labute approximate surface area is 82.0 Å². The summed E-state index contributed by atoms with van der Waals surface area (Å²) in [4.78, 5) is 0. The highest BCUT2D eigenvalue weighted by Crippen LogP contribution is 2.48. The van der Waals surface area contributed by atoms with Gasteiger partial charge in [-0.3, -0.25) is 0 Å². The molecule has 0 aromatic heterocycles. The smallest absolute Gasteiger partial charge is 0.165 e. The summed E-state index contributed by atoms with van der Waals surface area (Å²) in [5.41, 5.74) is 0.502. The Balaban J connectivity index is 2.21. The number of phenolic OH excluding ortho intramolecular Hbond substituents is 1. The van der Waals surface area contributed by atoms with Crippen LogP contribution in [-0.2, 0) is 6.42 Å². The Morgan fingerprint density at radius 2 is 2.07 bits per heavy atom. The zero-order valence-corrected chi connectivity index (χ0v) is 7.83. The minimum Gasteiger partial charge on any atom is -0.505 e. The summed E-state index contributed by atoms with van der Waals surface area (Å²) in [6.07, 6.45) is 2.48. The first-order valence-corrected chi connectivity index (χ1v) is 4.74. The largest absolute Gasteiger partial charge is 0.505 e. The second-order valence-electron chi connectivity index (χ2n) is 4.08. The standard InChI is InChI=1S/C11H13FO2/c12-9-3-1-2-8(10(9)14)6-11(7-13)4-5-11/h1-3,13-14H,4-7H2. The van der Waals surface area contributed by atoms with E-state index < -0.39 is 5.82 Å². The average Bonchev–Trinajstić information content (AvgIpc) is 2.94. The molecule has 0 unspecified atom stereocenters. The molecule has 1 aromatic carbocycles. The number of halogens is 1. The predicted molar refractivity (Wildman–Crippen MR) is 50.5 cm³/mol. The second-order valence-corrected chi connectivity index (χ2v) is 4.08. The Hall–Kier alpha value is -1.09. The van der Waals surface area contributed by atoms with Crippen LogP contribution < -0.4 is 0 Å². The minimum absolute atomic E-state index is 0.0920. The van der Waals surface area contributed by atoms with E-state index in [0.29, 0.717) is 12.0 Å². The monoisotopic (exact) mass is 196 g/mol. The molecule has 0 spiro atoms. The molecule has 1 fully saturated rings. The molecule has 0 heterocycles. The maximum absolute atomic E-state index is 13.0. The van der Waals surface area contributed by atoms with E-state index in [1.807, 2.05) is 0 Å². The molecule has 1 aliphatic rings. The van der Waals surface area contributed by atoms with Crippen molar-refractivity contribution in [3.05, 3.63) is 29.6 Å². The van der Waals surface area contributed by atoms with E-state index in [1.54, 1.807) is 12.1 Å². The molecule has 1 aliphatic carbocycles. The number of aliphatic hydroxyl groups is 1. The summed E-state index contributed by atoms with van der Waals surface area (Å²) in [6.45, 7) is 0.114. The van der Waals surface area contributed by atoms with Crippen LogP contribution in [0.15, 0.2) is 18.2 Å². The zero-order valence-electron chi connectivity index (χ0n) is 7.83. The predicted octanol–water partition coefficient (Wildman–Crippen LogP) is 1.85. The van der Waals surface area contributed by atoms with Crippen molar-refractivity contribution in [2.24, 2.45) is 5.41 Å². The van der Waals surface area contributed by atoms with Gasteiger partial charge in [-0.05, 0) is 36.3 Å². The minimum atomic E-state index is -0.587. The quantitative estimate of drug-likeness (QED) is 0.774. The van der Waals surface area contributed by atoms with Crippen molar-refractivity contribution in [3.63, 3.8) is 0 Å². The topological polar surface area (TPSA) is 40.5 Å². The Kier molecular flexibility index (Phi) is 2.19. The van der Waals surface area contributed by atoms with E-state index in [1.165, 1.54) is 6.07 Å². The summed E-state index contributed by atoms with van der Waals surface area (Å²) >= 11 is 0. The number of para-hydroxylation sites is 1. The SMILES string of the molecule is OCC1(Cc2cccc(F)c2O)CC1. The molecule has 1 saturated carbocycles. The highest BCUT2D eigenvalue weighted by Gasteiger charge is 2.42. The number of rotatable bonds is 3. The van der Waals surface area contributed by atoms with E-state index in [4.69, 9.17) is 5.11 Å². The van der Waals surface area contributed by atoms with Gasteiger partial charge in [0.05, 0.1) is 0 Å². The van der Waals surface area contributed by atoms with Crippen LogP contribution in [0.1, 0.15) is 18.4 Å². The fourth-order valence-electron chi connectivity index (χ4n) is 1.67. The van der Waals surface area contributed by atoms with Gasteiger partial charge in [0.25, 0.3) is 0 Å². The Morgan fingerprint density at radius 3 is 2.64 bits per heavy atom. The normalized spacial score (nSPS) is 18.1. The molecule has 2 N–H and O–H groups in total.